The highest BCUT2D eigenvalue weighted by molar-refractivity contribution is 5.99. The zero-order valence-corrected chi connectivity index (χ0v) is 19.3. The van der Waals surface area contributed by atoms with Gasteiger partial charge in [0.05, 0.1) is 19.8 Å². The van der Waals surface area contributed by atoms with Crippen LogP contribution >= 0.6 is 0 Å². The van der Waals surface area contributed by atoms with Crippen molar-refractivity contribution in [2.75, 3.05) is 41.8 Å². The second-order valence-electron chi connectivity index (χ2n) is 8.09. The molecule has 1 aliphatic rings. The van der Waals surface area contributed by atoms with E-state index in [0.717, 1.165) is 49.3 Å². The zero-order valence-electron chi connectivity index (χ0n) is 19.3. The van der Waals surface area contributed by atoms with E-state index >= 15 is 0 Å². The van der Waals surface area contributed by atoms with E-state index in [0.29, 0.717) is 36.4 Å². The Hall–Kier alpha value is -3.56. The molecule has 3 N–H and O–H groups in total. The average Bonchev–Trinajstić information content (AvgIpc) is 2.88. The maximum Gasteiger partial charge on any atom is 0.323 e. The number of rotatable bonds is 8. The Morgan fingerprint density at radius 3 is 2.24 bits per heavy atom. The number of anilines is 3. The first-order valence-corrected chi connectivity index (χ1v) is 11.6. The fraction of sp³-hybridized carbons (Fsp3) is 0.360. The normalized spacial score (nSPS) is 13.5. The molecule has 0 radical (unpaired) electrons. The minimum absolute atomic E-state index is 0.0337. The van der Waals surface area contributed by atoms with Crippen molar-refractivity contribution in [2.45, 2.75) is 32.8 Å². The Morgan fingerprint density at radius 1 is 0.971 bits per heavy atom. The number of nitrogens with one attached hydrogen (secondary N) is 2. The van der Waals surface area contributed by atoms with Gasteiger partial charge < -0.3 is 25.4 Å². The second kappa shape index (κ2) is 11.5. The Bertz CT molecular complexity index is 1080. The van der Waals surface area contributed by atoms with E-state index in [1.807, 2.05) is 24.3 Å². The van der Waals surface area contributed by atoms with Gasteiger partial charge in [-0.2, -0.15) is 9.97 Å². The molecule has 0 atom stereocenters. The van der Waals surface area contributed by atoms with Crippen molar-refractivity contribution in [3.05, 3.63) is 59.9 Å². The van der Waals surface area contributed by atoms with Crippen molar-refractivity contribution in [1.29, 1.82) is 0 Å². The van der Waals surface area contributed by atoms with Crippen LogP contribution in [0.5, 0.6) is 0 Å². The van der Waals surface area contributed by atoms with Crippen molar-refractivity contribution < 1.29 is 14.6 Å². The summed E-state index contributed by atoms with van der Waals surface area (Å²) in [5.41, 5.74) is 2.95. The monoisotopic (exact) mass is 462 g/mol. The number of aromatic nitrogens is 3. The third-order valence-corrected chi connectivity index (χ3v) is 5.51. The largest absolute Gasteiger partial charge is 0.392 e. The van der Waals surface area contributed by atoms with Crippen LogP contribution in [-0.2, 0) is 17.8 Å². The van der Waals surface area contributed by atoms with Crippen LogP contribution in [0.2, 0.25) is 0 Å². The number of morpholine rings is 1. The molecule has 1 saturated heterocycles. The van der Waals surface area contributed by atoms with Crippen molar-refractivity contribution in [3.8, 4) is 11.4 Å². The maximum absolute atomic E-state index is 12.3. The fourth-order valence-corrected chi connectivity index (χ4v) is 3.58. The number of hydrogen-bond donors (Lipinski definition) is 3. The minimum Gasteiger partial charge on any atom is -0.392 e. The first-order chi connectivity index (χ1) is 16.6. The SMILES string of the molecule is CCCCc1nc(-c2ccc(NC(=O)Nc3ccc(CO)cc3)cc2)nc(N2CCOCC2)n1. The van der Waals surface area contributed by atoms with Gasteiger partial charge in [0.15, 0.2) is 5.82 Å². The molecular formula is C25H30N6O3. The first-order valence-electron chi connectivity index (χ1n) is 11.6. The van der Waals surface area contributed by atoms with Crippen LogP contribution < -0.4 is 15.5 Å². The van der Waals surface area contributed by atoms with Gasteiger partial charge in [-0.1, -0.05) is 25.5 Å². The molecule has 0 bridgehead atoms. The van der Waals surface area contributed by atoms with Crippen molar-refractivity contribution >= 4 is 23.4 Å². The van der Waals surface area contributed by atoms with Crippen LogP contribution in [0.1, 0.15) is 31.2 Å². The Morgan fingerprint density at radius 2 is 1.62 bits per heavy atom. The molecule has 1 fully saturated rings. The van der Waals surface area contributed by atoms with Gasteiger partial charge in [-0.3, -0.25) is 0 Å². The standard InChI is InChI=1S/C25H30N6O3/c1-2-3-4-22-28-23(30-24(29-22)31-13-15-34-16-14-31)19-7-11-21(12-8-19)27-25(33)26-20-9-5-18(17-32)6-10-20/h5-12,32H,2-4,13-17H2,1H3,(H2,26,27,33). The number of carbonyl (C=O) groups excluding carboxylic acids is 1. The summed E-state index contributed by atoms with van der Waals surface area (Å²) in [6.45, 7) is 4.97. The number of aliphatic hydroxyl groups is 1. The molecule has 9 heteroatoms. The topological polar surface area (TPSA) is 112 Å². The summed E-state index contributed by atoms with van der Waals surface area (Å²) in [4.78, 5) is 28.6. The summed E-state index contributed by atoms with van der Waals surface area (Å²) in [5.74, 6) is 2.11. The lowest BCUT2D eigenvalue weighted by molar-refractivity contribution is 0.122. The number of nitrogens with zero attached hydrogens (tertiary/aromatic N) is 4. The maximum atomic E-state index is 12.3. The summed E-state index contributed by atoms with van der Waals surface area (Å²) in [6, 6.07) is 14.1. The molecule has 0 unspecified atom stereocenters. The van der Waals surface area contributed by atoms with E-state index in [1.165, 1.54) is 0 Å². The lowest BCUT2D eigenvalue weighted by Gasteiger charge is -2.27. The number of unbranched alkanes of at least 4 members (excludes halogenated alkanes) is 1. The molecule has 2 aromatic carbocycles. The molecule has 2 heterocycles. The molecular weight excluding hydrogens is 432 g/mol. The van der Waals surface area contributed by atoms with E-state index < -0.39 is 0 Å². The molecule has 3 aromatic rings. The average molecular weight is 463 g/mol. The predicted octanol–water partition coefficient (Wildman–Crippen LogP) is 3.85. The molecule has 1 aromatic heterocycles. The predicted molar refractivity (Wildman–Crippen MR) is 132 cm³/mol. The molecule has 0 aliphatic carbocycles. The van der Waals surface area contributed by atoms with E-state index in [4.69, 9.17) is 24.8 Å². The van der Waals surface area contributed by atoms with E-state index in [1.54, 1.807) is 24.3 Å². The van der Waals surface area contributed by atoms with Crippen LogP contribution in [0.3, 0.4) is 0 Å². The molecule has 0 spiro atoms. The fourth-order valence-electron chi connectivity index (χ4n) is 3.58. The molecule has 4 rings (SSSR count). The Kier molecular flexibility index (Phi) is 8.00. The number of amides is 2. The van der Waals surface area contributed by atoms with Crippen molar-refractivity contribution in [3.63, 3.8) is 0 Å². The van der Waals surface area contributed by atoms with E-state index in [9.17, 15) is 4.79 Å². The lowest BCUT2D eigenvalue weighted by atomic mass is 10.2. The number of hydrogen-bond acceptors (Lipinski definition) is 7. The summed E-state index contributed by atoms with van der Waals surface area (Å²) in [5, 5.41) is 14.7. The van der Waals surface area contributed by atoms with Gasteiger partial charge in [-0.25, -0.2) is 9.78 Å². The van der Waals surface area contributed by atoms with Crippen LogP contribution in [0, 0.1) is 0 Å². The minimum atomic E-state index is -0.346. The highest BCUT2D eigenvalue weighted by Crippen LogP contribution is 2.22. The first kappa shape index (κ1) is 23.6. The quantitative estimate of drug-likeness (QED) is 0.466. The van der Waals surface area contributed by atoms with Gasteiger partial charge in [-0.15, -0.1) is 0 Å². The zero-order chi connectivity index (χ0) is 23.8. The van der Waals surface area contributed by atoms with Gasteiger partial charge >= 0.3 is 6.03 Å². The molecule has 1 aliphatic heterocycles. The number of aliphatic hydroxyl groups excluding tert-OH is 1. The van der Waals surface area contributed by atoms with Crippen LogP contribution in [0.4, 0.5) is 22.1 Å². The van der Waals surface area contributed by atoms with Crippen LogP contribution in [-0.4, -0.2) is 52.4 Å². The van der Waals surface area contributed by atoms with Gasteiger partial charge in [0, 0.05) is 36.4 Å². The van der Waals surface area contributed by atoms with Gasteiger partial charge in [-0.05, 0) is 48.4 Å². The Balaban J connectivity index is 1.46. The van der Waals surface area contributed by atoms with Gasteiger partial charge in [0.1, 0.15) is 5.82 Å². The number of carbonyl (C=O) groups is 1. The highest BCUT2D eigenvalue weighted by atomic mass is 16.5. The second-order valence-corrected chi connectivity index (χ2v) is 8.09. The van der Waals surface area contributed by atoms with Gasteiger partial charge in [0.2, 0.25) is 5.95 Å². The number of urea groups is 1. The van der Waals surface area contributed by atoms with Crippen molar-refractivity contribution in [1.82, 2.24) is 15.0 Å². The summed E-state index contributed by atoms with van der Waals surface area (Å²) < 4.78 is 5.46. The van der Waals surface area contributed by atoms with Crippen molar-refractivity contribution in [2.24, 2.45) is 0 Å². The molecule has 0 saturated carbocycles. The number of ether oxygens (including phenoxy) is 1. The van der Waals surface area contributed by atoms with Crippen LogP contribution in [0.25, 0.3) is 11.4 Å². The third kappa shape index (κ3) is 6.27. The van der Waals surface area contributed by atoms with E-state index in [-0.39, 0.29) is 12.6 Å². The molecule has 178 valence electrons. The highest BCUT2D eigenvalue weighted by Gasteiger charge is 2.17. The summed E-state index contributed by atoms with van der Waals surface area (Å²) in [6.07, 6.45) is 2.90. The lowest BCUT2D eigenvalue weighted by Crippen LogP contribution is -2.37. The van der Waals surface area contributed by atoms with Crippen LogP contribution in [0.15, 0.2) is 48.5 Å². The Labute approximate surface area is 199 Å². The molecule has 34 heavy (non-hydrogen) atoms. The molecule has 2 amide bonds. The third-order valence-electron chi connectivity index (χ3n) is 5.51. The van der Waals surface area contributed by atoms with Gasteiger partial charge in [0.25, 0.3) is 0 Å². The van der Waals surface area contributed by atoms with E-state index in [2.05, 4.69) is 22.5 Å². The number of benzene rings is 2. The smallest absolute Gasteiger partial charge is 0.323 e. The molecule has 9 nitrogen and oxygen atoms in total. The summed E-state index contributed by atoms with van der Waals surface area (Å²) in [7, 11) is 0. The summed E-state index contributed by atoms with van der Waals surface area (Å²) >= 11 is 0. The number of aryl methyl sites for hydroxylation is 1.